The van der Waals surface area contributed by atoms with Crippen LogP contribution in [0.1, 0.15) is 0 Å². The van der Waals surface area contributed by atoms with Gasteiger partial charge in [-0.25, -0.2) is 17.8 Å². The number of nitro benzene ring substituents is 1. The van der Waals surface area contributed by atoms with Crippen LogP contribution in [-0.4, -0.2) is 62.1 Å². The Morgan fingerprint density at radius 3 is 2.45 bits per heavy atom. The molecule has 0 atom stereocenters. The smallest absolute Gasteiger partial charge is 0.270 e. The van der Waals surface area contributed by atoms with Crippen LogP contribution in [0.4, 0.5) is 15.2 Å². The van der Waals surface area contributed by atoms with E-state index in [1.165, 1.54) is 23.1 Å². The minimum Gasteiger partial charge on any atom is -0.308 e. The van der Waals surface area contributed by atoms with Crippen LogP contribution in [0.2, 0.25) is 0 Å². The van der Waals surface area contributed by atoms with Crippen molar-refractivity contribution in [1.29, 1.82) is 0 Å². The summed E-state index contributed by atoms with van der Waals surface area (Å²) < 4.78 is 38.9. The van der Waals surface area contributed by atoms with E-state index < -0.39 is 32.2 Å². The van der Waals surface area contributed by atoms with E-state index >= 15 is 0 Å². The van der Waals surface area contributed by atoms with Crippen molar-refractivity contribution in [2.24, 2.45) is 0 Å². The fourth-order valence-electron chi connectivity index (χ4n) is 2.72. The number of non-ortho nitro benzene ring substituents is 1. The predicted molar refractivity (Wildman–Crippen MR) is 116 cm³/mol. The van der Waals surface area contributed by atoms with Crippen LogP contribution in [0.25, 0.3) is 10.2 Å². The van der Waals surface area contributed by atoms with Gasteiger partial charge in [0.2, 0.25) is 5.91 Å². The van der Waals surface area contributed by atoms with E-state index in [9.17, 15) is 27.7 Å². The lowest BCUT2D eigenvalue weighted by molar-refractivity contribution is -0.384. The maximum absolute atomic E-state index is 13.1. The Morgan fingerprint density at radius 2 is 1.84 bits per heavy atom. The first-order valence-corrected chi connectivity index (χ1v) is 11.5. The zero-order valence-corrected chi connectivity index (χ0v) is 18.3. The molecule has 0 radical (unpaired) electrons. The average molecular weight is 467 g/mol. The van der Waals surface area contributed by atoms with Crippen LogP contribution in [0.3, 0.4) is 0 Å². The van der Waals surface area contributed by atoms with Crippen LogP contribution in [0, 0.1) is 15.9 Å². The molecule has 0 saturated carbocycles. The monoisotopic (exact) mass is 466 g/mol. The van der Waals surface area contributed by atoms with Gasteiger partial charge in [-0.05, 0) is 44.4 Å². The van der Waals surface area contributed by atoms with Crippen molar-refractivity contribution in [3.05, 3.63) is 58.4 Å². The van der Waals surface area contributed by atoms with E-state index in [4.69, 9.17) is 0 Å². The molecule has 0 aliphatic carbocycles. The molecule has 0 bridgehead atoms. The molecule has 12 heteroatoms. The molecule has 1 amide bonds. The maximum Gasteiger partial charge on any atom is 0.270 e. The molecule has 9 nitrogen and oxygen atoms in total. The van der Waals surface area contributed by atoms with Crippen LogP contribution in [0.5, 0.6) is 0 Å². The van der Waals surface area contributed by atoms with Gasteiger partial charge in [0.1, 0.15) is 11.6 Å². The number of halogens is 1. The number of nitro groups is 1. The molecule has 3 aromatic rings. The molecule has 0 aliphatic rings. The van der Waals surface area contributed by atoms with Gasteiger partial charge in [0.05, 0.1) is 20.0 Å². The number of nitrogens with zero attached hydrogens (tertiary/aromatic N) is 4. The molecule has 0 spiro atoms. The number of carbonyl (C=O) groups is 1. The lowest BCUT2D eigenvalue weighted by Crippen LogP contribution is -2.40. The largest absolute Gasteiger partial charge is 0.308 e. The normalized spacial score (nSPS) is 11.7. The summed E-state index contributed by atoms with van der Waals surface area (Å²) >= 11 is 1.07. The third-order valence-corrected chi connectivity index (χ3v) is 7.02. The first-order chi connectivity index (χ1) is 14.6. The number of aromatic nitrogens is 1. The number of carbonyl (C=O) groups excluding carboxylic acids is 1. The molecule has 3 rings (SSSR count). The Hall–Kier alpha value is -2.96. The Kier molecular flexibility index (Phi) is 6.62. The van der Waals surface area contributed by atoms with Gasteiger partial charge in [0.25, 0.3) is 5.69 Å². The van der Waals surface area contributed by atoms with E-state index in [2.05, 4.69) is 4.98 Å². The molecule has 0 saturated heterocycles. The fraction of sp³-hybridized carbons (Fsp3) is 0.263. The summed E-state index contributed by atoms with van der Waals surface area (Å²) in [6.45, 7) is 0.616. The number of likely N-dealkylation sites (N-methyl/N-ethyl adjacent to an activating group) is 1. The van der Waals surface area contributed by atoms with Crippen molar-refractivity contribution in [2.45, 2.75) is 4.90 Å². The highest BCUT2D eigenvalue weighted by atomic mass is 32.2. The van der Waals surface area contributed by atoms with E-state index in [0.29, 0.717) is 16.8 Å². The molecule has 2 aromatic carbocycles. The average Bonchev–Trinajstić information content (AvgIpc) is 3.10. The van der Waals surface area contributed by atoms with Crippen LogP contribution >= 0.6 is 11.3 Å². The lowest BCUT2D eigenvalue weighted by Gasteiger charge is -2.22. The summed E-state index contributed by atoms with van der Waals surface area (Å²) in [5.74, 6) is -2.09. The summed E-state index contributed by atoms with van der Waals surface area (Å²) in [6, 6.07) is 8.41. The van der Waals surface area contributed by atoms with E-state index in [-0.39, 0.29) is 22.3 Å². The Morgan fingerprint density at radius 1 is 1.16 bits per heavy atom. The van der Waals surface area contributed by atoms with Crippen molar-refractivity contribution >= 4 is 48.1 Å². The number of hydrogen-bond acceptors (Lipinski definition) is 8. The first-order valence-electron chi connectivity index (χ1n) is 9.05. The van der Waals surface area contributed by atoms with Gasteiger partial charge in [0.15, 0.2) is 15.0 Å². The Labute approximate surface area is 181 Å². The van der Waals surface area contributed by atoms with Crippen molar-refractivity contribution in [2.75, 3.05) is 37.8 Å². The molecule has 31 heavy (non-hydrogen) atoms. The number of amides is 1. The highest BCUT2D eigenvalue weighted by Crippen LogP contribution is 2.31. The summed E-state index contributed by atoms with van der Waals surface area (Å²) in [4.78, 5) is 30.8. The molecule has 0 N–H and O–H groups in total. The number of benzene rings is 2. The van der Waals surface area contributed by atoms with Gasteiger partial charge in [-0.1, -0.05) is 11.3 Å². The van der Waals surface area contributed by atoms with Gasteiger partial charge < -0.3 is 4.90 Å². The maximum atomic E-state index is 13.1. The minimum absolute atomic E-state index is 0.104. The second kappa shape index (κ2) is 9.04. The van der Waals surface area contributed by atoms with Gasteiger partial charge in [0, 0.05) is 25.2 Å². The van der Waals surface area contributed by atoms with E-state index in [1.54, 1.807) is 14.1 Å². The highest BCUT2D eigenvalue weighted by molar-refractivity contribution is 7.92. The number of thiazole rings is 1. The Bertz CT molecular complexity index is 1230. The molecule has 0 aliphatic heterocycles. The zero-order valence-electron chi connectivity index (χ0n) is 16.7. The predicted octanol–water partition coefficient (Wildman–Crippen LogP) is 2.71. The van der Waals surface area contributed by atoms with E-state index in [1.807, 2.05) is 4.90 Å². The number of hydrogen-bond donors (Lipinski definition) is 0. The Balaban J connectivity index is 1.92. The summed E-state index contributed by atoms with van der Waals surface area (Å²) in [6.07, 6.45) is 0. The van der Waals surface area contributed by atoms with Crippen LogP contribution in [0.15, 0.2) is 47.4 Å². The van der Waals surface area contributed by atoms with Gasteiger partial charge in [-0.3, -0.25) is 19.8 Å². The zero-order chi connectivity index (χ0) is 22.8. The van der Waals surface area contributed by atoms with Gasteiger partial charge >= 0.3 is 0 Å². The van der Waals surface area contributed by atoms with Crippen LogP contribution in [-0.2, 0) is 14.6 Å². The van der Waals surface area contributed by atoms with Gasteiger partial charge in [-0.2, -0.15) is 0 Å². The first kappa shape index (κ1) is 22.7. The topological polar surface area (TPSA) is 114 Å². The molecular formula is C19H19FN4O5S2. The molecule has 1 aromatic heterocycles. The molecule has 0 fully saturated rings. The van der Waals surface area contributed by atoms with Crippen molar-refractivity contribution in [3.63, 3.8) is 0 Å². The number of anilines is 1. The van der Waals surface area contributed by atoms with Crippen molar-refractivity contribution in [3.8, 4) is 0 Å². The highest BCUT2D eigenvalue weighted by Gasteiger charge is 2.27. The SMILES string of the molecule is CN(C)CCN(C(=O)CS(=O)(=O)c1ccc(F)cc1)c1nc2ccc([N+](=O)[O-])cc2s1. The quantitative estimate of drug-likeness (QED) is 0.285. The number of sulfone groups is 1. The molecule has 0 unspecified atom stereocenters. The van der Waals surface area contributed by atoms with Gasteiger partial charge in [-0.15, -0.1) is 0 Å². The second-order valence-electron chi connectivity index (χ2n) is 6.97. The molecule has 164 valence electrons. The third-order valence-electron chi connectivity index (χ3n) is 4.36. The summed E-state index contributed by atoms with van der Waals surface area (Å²) in [5.41, 5.74) is 0.363. The summed E-state index contributed by atoms with van der Waals surface area (Å²) in [7, 11) is -0.389. The van der Waals surface area contributed by atoms with Crippen molar-refractivity contribution < 1.29 is 22.5 Å². The molecule has 1 heterocycles. The minimum atomic E-state index is -4.00. The number of rotatable bonds is 8. The lowest BCUT2D eigenvalue weighted by atomic mass is 10.3. The standard InChI is InChI=1S/C19H19FN4O5S2/c1-22(2)9-10-23(18(25)12-31(28,29)15-6-3-13(20)4-7-15)19-21-16-8-5-14(24(26)27)11-17(16)30-19/h3-8,11H,9-10,12H2,1-2H3. The number of fused-ring (bicyclic) bond motifs is 1. The summed E-state index contributed by atoms with van der Waals surface area (Å²) in [5, 5.41) is 11.3. The third kappa shape index (κ3) is 5.40. The molecular weight excluding hydrogens is 447 g/mol. The van der Waals surface area contributed by atoms with Crippen molar-refractivity contribution in [1.82, 2.24) is 9.88 Å². The van der Waals surface area contributed by atoms with E-state index in [0.717, 1.165) is 35.6 Å². The van der Waals surface area contributed by atoms with Crippen LogP contribution < -0.4 is 4.90 Å². The second-order valence-corrected chi connectivity index (χ2v) is 9.97. The fourth-order valence-corrected chi connectivity index (χ4v) is 4.96.